The molecule has 0 atom stereocenters. The molecule has 14 heavy (non-hydrogen) atoms. The van der Waals surface area contributed by atoms with Crippen LogP contribution in [0, 0.1) is 5.92 Å². The average molecular weight is 201 g/mol. The number of hydrogen-bond donors (Lipinski definition) is 0. The van der Waals surface area contributed by atoms with Gasteiger partial charge < -0.3 is 9.64 Å². The van der Waals surface area contributed by atoms with Gasteiger partial charge in [0.2, 0.25) is 5.91 Å². The lowest BCUT2D eigenvalue weighted by atomic mass is 10.1. The predicted molar refractivity (Wildman–Crippen MR) is 58.2 cm³/mol. The molecule has 0 unspecified atom stereocenters. The van der Waals surface area contributed by atoms with Crippen LogP contribution < -0.4 is 0 Å². The Hall–Kier alpha value is -0.570. The Morgan fingerprint density at radius 1 is 1.36 bits per heavy atom. The fourth-order valence-corrected chi connectivity index (χ4v) is 1.05. The van der Waals surface area contributed by atoms with E-state index in [1.807, 2.05) is 0 Å². The summed E-state index contributed by atoms with van der Waals surface area (Å²) >= 11 is 0. The second-order valence-electron chi connectivity index (χ2n) is 4.09. The van der Waals surface area contributed by atoms with Crippen LogP contribution in [0.25, 0.3) is 0 Å². The maximum atomic E-state index is 10.8. The Labute approximate surface area is 87.4 Å². The van der Waals surface area contributed by atoms with E-state index < -0.39 is 0 Å². The number of carbonyl (C=O) groups is 1. The minimum atomic E-state index is 0.0933. The highest BCUT2D eigenvalue weighted by atomic mass is 16.5. The van der Waals surface area contributed by atoms with Gasteiger partial charge in [-0.05, 0) is 18.8 Å². The lowest BCUT2D eigenvalue weighted by Gasteiger charge is -2.14. The third-order valence-corrected chi connectivity index (χ3v) is 2.18. The Kier molecular flexibility index (Phi) is 7.48. The molecule has 0 radical (unpaired) electrons. The smallest absolute Gasteiger partial charge is 0.219 e. The number of hydrogen-bond acceptors (Lipinski definition) is 2. The van der Waals surface area contributed by atoms with E-state index in [2.05, 4.69) is 13.8 Å². The molecule has 0 aliphatic heterocycles. The first kappa shape index (κ1) is 13.4. The molecule has 0 fully saturated rings. The standard InChI is InChI=1S/C11H23NO2/c1-10(2)6-5-8-14-9-7-12(4)11(3)13/h10H,5-9H2,1-4H3. The summed E-state index contributed by atoms with van der Waals surface area (Å²) in [7, 11) is 1.79. The van der Waals surface area contributed by atoms with Crippen molar-refractivity contribution in [2.75, 3.05) is 26.8 Å². The molecule has 0 bridgehead atoms. The van der Waals surface area contributed by atoms with Gasteiger partial charge in [-0.15, -0.1) is 0 Å². The van der Waals surface area contributed by atoms with E-state index in [0.717, 1.165) is 18.9 Å². The molecule has 0 aromatic rings. The minimum Gasteiger partial charge on any atom is -0.380 e. The molecule has 0 heterocycles. The zero-order chi connectivity index (χ0) is 11.0. The molecule has 0 saturated carbocycles. The summed E-state index contributed by atoms with van der Waals surface area (Å²) in [6.45, 7) is 8.14. The Bertz CT molecular complexity index is 157. The summed E-state index contributed by atoms with van der Waals surface area (Å²) in [6, 6.07) is 0. The van der Waals surface area contributed by atoms with E-state index in [9.17, 15) is 4.79 Å². The zero-order valence-electron chi connectivity index (χ0n) is 9.88. The molecule has 0 spiro atoms. The third kappa shape index (κ3) is 8.05. The number of nitrogens with zero attached hydrogens (tertiary/aromatic N) is 1. The van der Waals surface area contributed by atoms with Gasteiger partial charge in [0.15, 0.2) is 0 Å². The highest BCUT2D eigenvalue weighted by Crippen LogP contribution is 2.02. The van der Waals surface area contributed by atoms with Gasteiger partial charge in [-0.2, -0.15) is 0 Å². The van der Waals surface area contributed by atoms with Crippen molar-refractivity contribution in [1.82, 2.24) is 4.90 Å². The first-order valence-electron chi connectivity index (χ1n) is 5.33. The molecule has 0 N–H and O–H groups in total. The second kappa shape index (κ2) is 7.80. The summed E-state index contributed by atoms with van der Waals surface area (Å²) in [5.74, 6) is 0.842. The Balaban J connectivity index is 3.17. The molecule has 3 heteroatoms. The van der Waals surface area contributed by atoms with Crippen LogP contribution in [-0.2, 0) is 9.53 Å². The van der Waals surface area contributed by atoms with Gasteiger partial charge in [-0.1, -0.05) is 13.8 Å². The summed E-state index contributed by atoms with van der Waals surface area (Å²) in [5, 5.41) is 0. The van der Waals surface area contributed by atoms with Crippen molar-refractivity contribution in [3.63, 3.8) is 0 Å². The molecular formula is C11H23NO2. The van der Waals surface area contributed by atoms with Crippen LogP contribution in [0.1, 0.15) is 33.6 Å². The van der Waals surface area contributed by atoms with E-state index in [1.54, 1.807) is 18.9 Å². The van der Waals surface area contributed by atoms with E-state index in [4.69, 9.17) is 4.74 Å². The van der Waals surface area contributed by atoms with Crippen molar-refractivity contribution in [3.8, 4) is 0 Å². The van der Waals surface area contributed by atoms with Crippen molar-refractivity contribution in [3.05, 3.63) is 0 Å². The third-order valence-electron chi connectivity index (χ3n) is 2.18. The molecule has 0 aliphatic rings. The molecule has 0 aliphatic carbocycles. The summed E-state index contributed by atoms with van der Waals surface area (Å²) in [4.78, 5) is 12.5. The maximum Gasteiger partial charge on any atom is 0.219 e. The molecular weight excluding hydrogens is 178 g/mol. The number of likely N-dealkylation sites (N-methyl/N-ethyl adjacent to an activating group) is 1. The lowest BCUT2D eigenvalue weighted by molar-refractivity contribution is -0.128. The van der Waals surface area contributed by atoms with Crippen LogP contribution in [0.5, 0.6) is 0 Å². The van der Waals surface area contributed by atoms with Crippen molar-refractivity contribution < 1.29 is 9.53 Å². The van der Waals surface area contributed by atoms with E-state index in [-0.39, 0.29) is 5.91 Å². The molecule has 0 saturated heterocycles. The summed E-state index contributed by atoms with van der Waals surface area (Å²) in [5.41, 5.74) is 0. The molecule has 1 amide bonds. The van der Waals surface area contributed by atoms with Gasteiger partial charge in [0, 0.05) is 27.1 Å². The normalized spacial score (nSPS) is 10.6. The Morgan fingerprint density at radius 2 is 2.00 bits per heavy atom. The largest absolute Gasteiger partial charge is 0.380 e. The molecule has 3 nitrogen and oxygen atoms in total. The van der Waals surface area contributed by atoms with Crippen LogP contribution in [0.3, 0.4) is 0 Å². The van der Waals surface area contributed by atoms with Gasteiger partial charge in [0.05, 0.1) is 6.61 Å². The van der Waals surface area contributed by atoms with E-state index in [1.165, 1.54) is 6.42 Å². The molecule has 0 aromatic heterocycles. The van der Waals surface area contributed by atoms with Crippen LogP contribution >= 0.6 is 0 Å². The minimum absolute atomic E-state index is 0.0933. The number of ether oxygens (including phenoxy) is 1. The lowest BCUT2D eigenvalue weighted by Crippen LogP contribution is -2.27. The first-order chi connectivity index (χ1) is 6.54. The van der Waals surface area contributed by atoms with E-state index in [0.29, 0.717) is 13.2 Å². The van der Waals surface area contributed by atoms with Crippen molar-refractivity contribution >= 4 is 5.91 Å². The fourth-order valence-electron chi connectivity index (χ4n) is 1.05. The van der Waals surface area contributed by atoms with Crippen LogP contribution in [0.2, 0.25) is 0 Å². The van der Waals surface area contributed by atoms with Gasteiger partial charge in [0.1, 0.15) is 0 Å². The molecule has 0 rings (SSSR count). The number of amides is 1. The molecule has 84 valence electrons. The second-order valence-corrected chi connectivity index (χ2v) is 4.09. The maximum absolute atomic E-state index is 10.8. The Morgan fingerprint density at radius 3 is 2.50 bits per heavy atom. The first-order valence-corrected chi connectivity index (χ1v) is 5.33. The van der Waals surface area contributed by atoms with Crippen LogP contribution in [-0.4, -0.2) is 37.6 Å². The number of rotatable bonds is 7. The van der Waals surface area contributed by atoms with Crippen LogP contribution in [0.15, 0.2) is 0 Å². The summed E-state index contributed by atoms with van der Waals surface area (Å²) < 4.78 is 5.41. The van der Waals surface area contributed by atoms with Gasteiger partial charge in [-0.3, -0.25) is 4.79 Å². The van der Waals surface area contributed by atoms with Gasteiger partial charge in [-0.25, -0.2) is 0 Å². The van der Waals surface area contributed by atoms with Crippen molar-refractivity contribution in [1.29, 1.82) is 0 Å². The van der Waals surface area contributed by atoms with E-state index >= 15 is 0 Å². The van der Waals surface area contributed by atoms with Crippen molar-refractivity contribution in [2.24, 2.45) is 5.92 Å². The van der Waals surface area contributed by atoms with Crippen LogP contribution in [0.4, 0.5) is 0 Å². The molecule has 0 aromatic carbocycles. The predicted octanol–water partition coefficient (Wildman–Crippen LogP) is 1.92. The van der Waals surface area contributed by atoms with Gasteiger partial charge in [0.25, 0.3) is 0 Å². The van der Waals surface area contributed by atoms with Gasteiger partial charge >= 0.3 is 0 Å². The highest BCUT2D eigenvalue weighted by molar-refractivity contribution is 5.72. The zero-order valence-corrected chi connectivity index (χ0v) is 9.88. The fraction of sp³-hybridized carbons (Fsp3) is 0.909. The van der Waals surface area contributed by atoms with Crippen molar-refractivity contribution in [2.45, 2.75) is 33.6 Å². The SMILES string of the molecule is CC(=O)N(C)CCOCCCC(C)C. The highest BCUT2D eigenvalue weighted by Gasteiger charge is 2.00. The monoisotopic (exact) mass is 201 g/mol. The topological polar surface area (TPSA) is 29.5 Å². The summed E-state index contributed by atoms with van der Waals surface area (Å²) in [6.07, 6.45) is 2.32. The quantitative estimate of drug-likeness (QED) is 0.589. The number of carbonyl (C=O) groups excluding carboxylic acids is 1. The average Bonchev–Trinajstić information content (AvgIpc) is 2.09.